The summed E-state index contributed by atoms with van der Waals surface area (Å²) in [7, 11) is 0. The van der Waals surface area contributed by atoms with Crippen molar-refractivity contribution >= 4 is 23.5 Å². The fourth-order valence-corrected chi connectivity index (χ4v) is 3.34. The van der Waals surface area contributed by atoms with Crippen molar-refractivity contribution in [3.05, 3.63) is 83.2 Å². The molecule has 1 N–H and O–H groups in total. The van der Waals surface area contributed by atoms with Gasteiger partial charge < -0.3 is 19.4 Å². The number of ether oxygens (including phenoxy) is 2. The van der Waals surface area contributed by atoms with Crippen LogP contribution in [0.15, 0.2) is 60.7 Å². The zero-order chi connectivity index (χ0) is 23.8. The molecule has 172 valence electrons. The Kier molecular flexibility index (Phi) is 8.02. The number of carbonyl (C=O) groups excluding carboxylic acids is 3. The van der Waals surface area contributed by atoms with Gasteiger partial charge in [-0.1, -0.05) is 19.4 Å². The molecule has 0 aliphatic heterocycles. The fraction of sp³-hybridized carbons (Fsp3) is 0.269. The SMILES string of the molecule is CCCCOC(=O)c1ccc(NC(=O)COC(=O)c2cccc(-n3c(C)ccc3C)c2)cc1. The Labute approximate surface area is 193 Å². The van der Waals surface area contributed by atoms with Gasteiger partial charge in [-0.25, -0.2) is 9.59 Å². The van der Waals surface area contributed by atoms with Crippen LogP contribution in [0.5, 0.6) is 0 Å². The molecule has 0 saturated heterocycles. The van der Waals surface area contributed by atoms with E-state index in [-0.39, 0.29) is 0 Å². The molecule has 0 fully saturated rings. The molecule has 0 bridgehead atoms. The molecule has 0 atom stereocenters. The summed E-state index contributed by atoms with van der Waals surface area (Å²) in [4.78, 5) is 36.6. The van der Waals surface area contributed by atoms with Gasteiger partial charge in [-0.05, 0) is 74.9 Å². The van der Waals surface area contributed by atoms with Crippen molar-refractivity contribution in [1.82, 2.24) is 4.57 Å². The van der Waals surface area contributed by atoms with E-state index < -0.39 is 24.5 Å². The number of unbranched alkanes of at least 4 members (excludes halogenated alkanes) is 1. The second-order valence-electron chi connectivity index (χ2n) is 7.69. The number of amides is 1. The van der Waals surface area contributed by atoms with E-state index in [4.69, 9.17) is 9.47 Å². The molecule has 0 radical (unpaired) electrons. The molecule has 0 saturated carbocycles. The minimum absolute atomic E-state index is 0.360. The van der Waals surface area contributed by atoms with Gasteiger partial charge in [0.05, 0.1) is 17.7 Å². The first-order valence-corrected chi connectivity index (χ1v) is 10.9. The zero-order valence-corrected chi connectivity index (χ0v) is 19.1. The average Bonchev–Trinajstić information content (AvgIpc) is 3.16. The number of nitrogens with one attached hydrogen (secondary N) is 1. The summed E-state index contributed by atoms with van der Waals surface area (Å²) < 4.78 is 12.4. The van der Waals surface area contributed by atoms with Crippen LogP contribution in [0.25, 0.3) is 5.69 Å². The molecule has 0 aliphatic carbocycles. The Balaban J connectivity index is 1.53. The molecular formula is C26H28N2O5. The Morgan fingerprint density at radius 3 is 2.18 bits per heavy atom. The molecule has 3 rings (SSSR count). The van der Waals surface area contributed by atoms with Crippen molar-refractivity contribution in [2.45, 2.75) is 33.6 Å². The molecule has 0 unspecified atom stereocenters. The van der Waals surface area contributed by atoms with E-state index in [1.807, 2.05) is 43.5 Å². The van der Waals surface area contributed by atoms with Gasteiger partial charge in [0.1, 0.15) is 0 Å². The van der Waals surface area contributed by atoms with Crippen molar-refractivity contribution in [1.29, 1.82) is 0 Å². The van der Waals surface area contributed by atoms with Crippen molar-refractivity contribution in [3.63, 3.8) is 0 Å². The second-order valence-corrected chi connectivity index (χ2v) is 7.69. The number of hydrogen-bond acceptors (Lipinski definition) is 5. The van der Waals surface area contributed by atoms with Crippen molar-refractivity contribution < 1.29 is 23.9 Å². The molecule has 0 spiro atoms. The van der Waals surface area contributed by atoms with Gasteiger partial charge in [0.25, 0.3) is 5.91 Å². The van der Waals surface area contributed by atoms with Gasteiger partial charge in [0, 0.05) is 22.8 Å². The fourth-order valence-electron chi connectivity index (χ4n) is 3.34. The van der Waals surface area contributed by atoms with E-state index in [0.717, 1.165) is 29.9 Å². The minimum atomic E-state index is -0.584. The summed E-state index contributed by atoms with van der Waals surface area (Å²) in [5, 5.41) is 2.64. The molecule has 33 heavy (non-hydrogen) atoms. The molecule has 7 heteroatoms. The van der Waals surface area contributed by atoms with Crippen molar-refractivity contribution in [2.24, 2.45) is 0 Å². The normalized spacial score (nSPS) is 10.5. The number of carbonyl (C=O) groups is 3. The molecule has 3 aromatic rings. The highest BCUT2D eigenvalue weighted by Gasteiger charge is 2.13. The number of anilines is 1. The zero-order valence-electron chi connectivity index (χ0n) is 19.1. The first-order valence-electron chi connectivity index (χ1n) is 10.9. The first-order chi connectivity index (χ1) is 15.9. The van der Waals surface area contributed by atoms with Crippen LogP contribution >= 0.6 is 0 Å². The first kappa shape index (κ1) is 23.8. The maximum absolute atomic E-state index is 12.5. The van der Waals surface area contributed by atoms with Crippen LogP contribution in [0, 0.1) is 13.8 Å². The Morgan fingerprint density at radius 2 is 1.52 bits per heavy atom. The van der Waals surface area contributed by atoms with Crippen LogP contribution in [-0.4, -0.2) is 35.6 Å². The van der Waals surface area contributed by atoms with E-state index in [2.05, 4.69) is 5.32 Å². The van der Waals surface area contributed by atoms with E-state index in [0.29, 0.717) is 23.4 Å². The molecule has 2 aromatic carbocycles. The van der Waals surface area contributed by atoms with Crippen molar-refractivity contribution in [3.8, 4) is 5.69 Å². The average molecular weight is 449 g/mol. The third-order valence-electron chi connectivity index (χ3n) is 5.08. The van der Waals surface area contributed by atoms with Gasteiger partial charge in [-0.2, -0.15) is 0 Å². The monoisotopic (exact) mass is 448 g/mol. The lowest BCUT2D eigenvalue weighted by Gasteiger charge is -2.11. The summed E-state index contributed by atoms with van der Waals surface area (Å²) in [5.74, 6) is -1.46. The molecular weight excluding hydrogens is 420 g/mol. The quantitative estimate of drug-likeness (QED) is 0.374. The largest absolute Gasteiger partial charge is 0.462 e. The standard InChI is InChI=1S/C26H28N2O5/c1-4-5-15-32-25(30)20-11-13-22(14-12-20)27-24(29)17-33-26(31)21-7-6-8-23(16-21)28-18(2)9-10-19(28)3/h6-14,16H,4-5,15,17H2,1-3H3,(H,27,29). The number of esters is 2. The minimum Gasteiger partial charge on any atom is -0.462 e. The number of benzene rings is 2. The number of aryl methyl sites for hydroxylation is 2. The summed E-state index contributed by atoms with van der Waals surface area (Å²) in [5.41, 5.74) is 4.21. The molecule has 7 nitrogen and oxygen atoms in total. The summed E-state index contributed by atoms with van der Waals surface area (Å²) in [6, 6.07) is 17.4. The van der Waals surface area contributed by atoms with E-state index >= 15 is 0 Å². The highest BCUT2D eigenvalue weighted by atomic mass is 16.5. The smallest absolute Gasteiger partial charge is 0.338 e. The van der Waals surface area contributed by atoms with Gasteiger partial charge in [-0.15, -0.1) is 0 Å². The van der Waals surface area contributed by atoms with Crippen LogP contribution in [0.2, 0.25) is 0 Å². The van der Waals surface area contributed by atoms with Crippen LogP contribution in [0.4, 0.5) is 5.69 Å². The summed E-state index contributed by atoms with van der Waals surface area (Å²) >= 11 is 0. The lowest BCUT2D eigenvalue weighted by Crippen LogP contribution is -2.21. The number of rotatable bonds is 9. The molecule has 0 aliphatic rings. The van der Waals surface area contributed by atoms with Crippen LogP contribution in [0.3, 0.4) is 0 Å². The topological polar surface area (TPSA) is 86.6 Å². The summed E-state index contributed by atoms with van der Waals surface area (Å²) in [6.07, 6.45) is 1.76. The van der Waals surface area contributed by atoms with Gasteiger partial charge >= 0.3 is 11.9 Å². The summed E-state index contributed by atoms with van der Waals surface area (Å²) in [6.45, 7) is 5.96. The molecule has 1 amide bonds. The highest BCUT2D eigenvalue weighted by Crippen LogP contribution is 2.18. The van der Waals surface area contributed by atoms with E-state index in [1.54, 1.807) is 42.5 Å². The number of aromatic nitrogens is 1. The molecule has 1 heterocycles. The third kappa shape index (κ3) is 6.32. The second kappa shape index (κ2) is 11.1. The lowest BCUT2D eigenvalue weighted by molar-refractivity contribution is -0.119. The third-order valence-corrected chi connectivity index (χ3v) is 5.08. The Hall–Kier alpha value is -3.87. The Morgan fingerprint density at radius 1 is 0.848 bits per heavy atom. The lowest BCUT2D eigenvalue weighted by atomic mass is 10.2. The van der Waals surface area contributed by atoms with Gasteiger partial charge in [0.2, 0.25) is 0 Å². The predicted octanol–water partition coefficient (Wildman–Crippen LogP) is 4.85. The van der Waals surface area contributed by atoms with Crippen LogP contribution in [-0.2, 0) is 14.3 Å². The number of nitrogens with zero attached hydrogens (tertiary/aromatic N) is 1. The van der Waals surface area contributed by atoms with Gasteiger partial charge in [-0.3, -0.25) is 4.79 Å². The van der Waals surface area contributed by atoms with Crippen molar-refractivity contribution in [2.75, 3.05) is 18.5 Å². The van der Waals surface area contributed by atoms with Crippen LogP contribution < -0.4 is 5.32 Å². The van der Waals surface area contributed by atoms with E-state index in [1.165, 1.54) is 0 Å². The molecule has 1 aromatic heterocycles. The maximum atomic E-state index is 12.5. The van der Waals surface area contributed by atoms with E-state index in [9.17, 15) is 14.4 Å². The number of hydrogen-bond donors (Lipinski definition) is 1. The Bertz CT molecular complexity index is 1110. The maximum Gasteiger partial charge on any atom is 0.338 e. The predicted molar refractivity (Wildman–Crippen MR) is 126 cm³/mol. The van der Waals surface area contributed by atoms with Gasteiger partial charge in [0.15, 0.2) is 6.61 Å². The van der Waals surface area contributed by atoms with Crippen LogP contribution in [0.1, 0.15) is 51.9 Å². The highest BCUT2D eigenvalue weighted by molar-refractivity contribution is 5.96.